The number of hydrogen-bond acceptors (Lipinski definition) is 4. The molecule has 0 saturated carbocycles. The van der Waals surface area contributed by atoms with Crippen LogP contribution in [0.15, 0.2) is 66.7 Å². The molecule has 5 nitrogen and oxygen atoms in total. The number of anilines is 1. The topological polar surface area (TPSA) is 49.9 Å². The van der Waals surface area contributed by atoms with Crippen LogP contribution in [-0.2, 0) is 20.5 Å². The summed E-state index contributed by atoms with van der Waals surface area (Å²) < 4.78 is 34.4. The van der Waals surface area contributed by atoms with Crippen molar-refractivity contribution in [3.8, 4) is 0 Å². The zero-order valence-electron chi connectivity index (χ0n) is 18.9. The SMILES string of the molecule is COC[C@@H]1[C@H](c2ccc(Cl)cc2)N(c2ccc(Cl)cc2Cl)CCN1S(=O)(=O)Cc1ccc(Cl)cc1. The molecule has 35 heavy (non-hydrogen) atoms. The molecule has 0 bridgehead atoms. The molecular weight excluding hydrogens is 550 g/mol. The summed E-state index contributed by atoms with van der Waals surface area (Å²) in [6.45, 7) is 0.885. The summed E-state index contributed by atoms with van der Waals surface area (Å²) >= 11 is 24.9. The third-order valence-electron chi connectivity index (χ3n) is 6.02. The average Bonchev–Trinajstić information content (AvgIpc) is 2.81. The molecule has 2 atom stereocenters. The number of nitrogens with zero attached hydrogens (tertiary/aromatic N) is 2. The van der Waals surface area contributed by atoms with Gasteiger partial charge in [-0.05, 0) is 53.6 Å². The molecule has 0 amide bonds. The Morgan fingerprint density at radius 2 is 1.46 bits per heavy atom. The predicted molar refractivity (Wildman–Crippen MR) is 144 cm³/mol. The number of benzene rings is 3. The highest BCUT2D eigenvalue weighted by molar-refractivity contribution is 7.88. The lowest BCUT2D eigenvalue weighted by Gasteiger charge is -2.48. The fourth-order valence-electron chi connectivity index (χ4n) is 4.49. The minimum Gasteiger partial charge on any atom is -0.383 e. The first kappa shape index (κ1) is 26.6. The first-order valence-electron chi connectivity index (χ1n) is 10.9. The standard InChI is InChI=1S/C25H24Cl4N2O3S/c1-34-15-24-25(18-4-8-20(27)9-5-18)30(23-11-10-21(28)14-22(23)29)12-13-31(24)35(32,33)16-17-2-6-19(26)7-3-17/h2-11,14,24-25H,12-13,15-16H2,1H3/t24-,25+/m1/s1. The Hall–Kier alpha value is -1.51. The maximum Gasteiger partial charge on any atom is 0.218 e. The molecule has 1 aliphatic rings. The molecule has 0 aliphatic carbocycles. The van der Waals surface area contributed by atoms with Crippen molar-refractivity contribution < 1.29 is 13.2 Å². The Bertz CT molecular complexity index is 1270. The van der Waals surface area contributed by atoms with E-state index in [4.69, 9.17) is 51.1 Å². The molecule has 3 aromatic carbocycles. The zero-order valence-corrected chi connectivity index (χ0v) is 22.7. The average molecular weight is 574 g/mol. The van der Waals surface area contributed by atoms with E-state index in [9.17, 15) is 8.42 Å². The Morgan fingerprint density at radius 1 is 0.857 bits per heavy atom. The summed E-state index contributed by atoms with van der Waals surface area (Å²) in [6, 6.07) is 18.7. The maximum atomic E-state index is 13.7. The third kappa shape index (κ3) is 6.08. The molecule has 0 radical (unpaired) electrons. The molecule has 1 aliphatic heterocycles. The van der Waals surface area contributed by atoms with Gasteiger partial charge in [0.25, 0.3) is 0 Å². The van der Waals surface area contributed by atoms with Gasteiger partial charge >= 0.3 is 0 Å². The van der Waals surface area contributed by atoms with Gasteiger partial charge in [-0.3, -0.25) is 0 Å². The summed E-state index contributed by atoms with van der Waals surface area (Å²) in [5.74, 6) is -0.139. The number of methoxy groups -OCH3 is 1. The number of sulfonamides is 1. The lowest BCUT2D eigenvalue weighted by atomic mass is 9.95. The first-order valence-corrected chi connectivity index (χ1v) is 14.0. The predicted octanol–water partition coefficient (Wildman–Crippen LogP) is 6.71. The minimum atomic E-state index is -3.69. The molecular formula is C25H24Cl4N2O3S. The zero-order chi connectivity index (χ0) is 25.2. The molecule has 0 unspecified atom stereocenters. The van der Waals surface area contributed by atoms with Crippen LogP contribution >= 0.6 is 46.4 Å². The maximum absolute atomic E-state index is 13.7. The molecule has 10 heteroatoms. The Kier molecular flexibility index (Phi) is 8.54. The van der Waals surface area contributed by atoms with Crippen molar-refractivity contribution in [1.29, 1.82) is 0 Å². The van der Waals surface area contributed by atoms with Gasteiger partial charge in [-0.1, -0.05) is 70.7 Å². The molecule has 3 aromatic rings. The highest BCUT2D eigenvalue weighted by Gasteiger charge is 2.43. The molecule has 0 spiro atoms. The molecule has 4 rings (SSSR count). The number of hydrogen-bond donors (Lipinski definition) is 0. The van der Waals surface area contributed by atoms with Crippen molar-refractivity contribution in [3.63, 3.8) is 0 Å². The molecule has 1 fully saturated rings. The van der Waals surface area contributed by atoms with E-state index < -0.39 is 16.1 Å². The quantitative estimate of drug-likeness (QED) is 0.315. The van der Waals surface area contributed by atoms with Crippen LogP contribution in [0.1, 0.15) is 17.2 Å². The van der Waals surface area contributed by atoms with Crippen molar-refractivity contribution in [2.45, 2.75) is 17.8 Å². The van der Waals surface area contributed by atoms with Crippen LogP contribution in [0.4, 0.5) is 5.69 Å². The van der Waals surface area contributed by atoms with Crippen molar-refractivity contribution in [1.82, 2.24) is 4.31 Å². The lowest BCUT2D eigenvalue weighted by molar-refractivity contribution is 0.104. The van der Waals surface area contributed by atoms with Gasteiger partial charge in [-0.25, -0.2) is 8.42 Å². The summed E-state index contributed by atoms with van der Waals surface area (Å²) in [6.07, 6.45) is 0. The molecule has 186 valence electrons. The number of ether oxygens (including phenoxy) is 1. The third-order valence-corrected chi connectivity index (χ3v) is 8.93. The Labute approximate surface area is 226 Å². The van der Waals surface area contributed by atoms with Crippen LogP contribution in [-0.4, -0.2) is 45.6 Å². The normalized spacial score (nSPS) is 19.2. The van der Waals surface area contributed by atoms with Crippen LogP contribution in [0.3, 0.4) is 0 Å². The van der Waals surface area contributed by atoms with Crippen LogP contribution in [0.5, 0.6) is 0 Å². The minimum absolute atomic E-state index is 0.139. The molecule has 0 aromatic heterocycles. The van der Waals surface area contributed by atoms with E-state index in [1.165, 1.54) is 0 Å². The summed E-state index contributed by atoms with van der Waals surface area (Å²) in [5, 5.41) is 2.17. The van der Waals surface area contributed by atoms with E-state index in [2.05, 4.69) is 4.90 Å². The van der Waals surface area contributed by atoms with Crippen LogP contribution in [0, 0.1) is 0 Å². The molecule has 1 saturated heterocycles. The van der Waals surface area contributed by atoms with Gasteiger partial charge in [-0.15, -0.1) is 0 Å². The monoisotopic (exact) mass is 572 g/mol. The Balaban J connectivity index is 1.77. The summed E-state index contributed by atoms with van der Waals surface area (Å²) in [7, 11) is -2.12. The van der Waals surface area contributed by atoms with Gasteiger partial charge in [-0.2, -0.15) is 4.31 Å². The van der Waals surface area contributed by atoms with E-state index in [-0.39, 0.29) is 24.9 Å². The van der Waals surface area contributed by atoms with Gasteiger partial charge in [0.2, 0.25) is 10.0 Å². The lowest BCUT2D eigenvalue weighted by Crippen LogP contribution is -2.58. The highest BCUT2D eigenvalue weighted by Crippen LogP contribution is 2.40. The van der Waals surface area contributed by atoms with Gasteiger partial charge in [0.1, 0.15) is 0 Å². The van der Waals surface area contributed by atoms with Gasteiger partial charge < -0.3 is 9.64 Å². The van der Waals surface area contributed by atoms with Crippen LogP contribution in [0.25, 0.3) is 0 Å². The van der Waals surface area contributed by atoms with Crippen LogP contribution < -0.4 is 4.90 Å². The number of rotatable bonds is 7. The van der Waals surface area contributed by atoms with Gasteiger partial charge in [0.15, 0.2) is 0 Å². The van der Waals surface area contributed by atoms with Gasteiger partial charge in [0, 0.05) is 35.3 Å². The van der Waals surface area contributed by atoms with E-state index in [1.807, 2.05) is 18.2 Å². The summed E-state index contributed by atoms with van der Waals surface area (Å²) in [5.41, 5.74) is 2.33. The smallest absolute Gasteiger partial charge is 0.218 e. The fourth-order valence-corrected chi connectivity index (χ4v) is 6.98. The van der Waals surface area contributed by atoms with E-state index in [1.54, 1.807) is 59.9 Å². The number of piperazine rings is 1. The number of halogens is 4. The van der Waals surface area contributed by atoms with Crippen molar-refractivity contribution in [3.05, 3.63) is 97.9 Å². The fraction of sp³-hybridized carbons (Fsp3) is 0.280. The second-order valence-corrected chi connectivity index (χ2v) is 11.9. The van der Waals surface area contributed by atoms with Crippen molar-refractivity contribution >= 4 is 62.1 Å². The highest BCUT2D eigenvalue weighted by atomic mass is 35.5. The Morgan fingerprint density at radius 3 is 2.06 bits per heavy atom. The van der Waals surface area contributed by atoms with E-state index in [0.717, 1.165) is 11.3 Å². The van der Waals surface area contributed by atoms with E-state index >= 15 is 0 Å². The van der Waals surface area contributed by atoms with Crippen molar-refractivity contribution in [2.24, 2.45) is 0 Å². The summed E-state index contributed by atoms with van der Waals surface area (Å²) in [4.78, 5) is 2.11. The largest absolute Gasteiger partial charge is 0.383 e. The van der Waals surface area contributed by atoms with E-state index in [0.29, 0.717) is 32.2 Å². The second kappa shape index (κ2) is 11.3. The molecule has 1 heterocycles. The van der Waals surface area contributed by atoms with Crippen LogP contribution in [0.2, 0.25) is 20.1 Å². The molecule has 0 N–H and O–H groups in total. The van der Waals surface area contributed by atoms with Gasteiger partial charge in [0.05, 0.1) is 35.2 Å². The first-order chi connectivity index (χ1) is 16.7. The van der Waals surface area contributed by atoms with Crippen molar-refractivity contribution in [2.75, 3.05) is 31.7 Å². The second-order valence-electron chi connectivity index (χ2n) is 8.30.